The molecule has 8 heteroatoms. The molecule has 27 heavy (non-hydrogen) atoms. The zero-order valence-electron chi connectivity index (χ0n) is 15.3. The lowest BCUT2D eigenvalue weighted by Crippen LogP contribution is -2.26. The molecule has 0 aliphatic rings. The molecule has 2 aromatic rings. The van der Waals surface area contributed by atoms with E-state index in [1.807, 2.05) is 0 Å². The molecule has 2 aromatic carbocycles. The van der Waals surface area contributed by atoms with E-state index in [-0.39, 0.29) is 16.6 Å². The van der Waals surface area contributed by atoms with Crippen molar-refractivity contribution in [1.29, 1.82) is 0 Å². The van der Waals surface area contributed by atoms with Crippen LogP contribution in [-0.2, 0) is 10.0 Å². The Morgan fingerprint density at radius 2 is 1.81 bits per heavy atom. The zero-order valence-corrected chi connectivity index (χ0v) is 16.1. The molecule has 0 radical (unpaired) electrons. The molecule has 0 spiro atoms. The number of carbonyl (C=O) groups excluding carboxylic acids is 1. The molecule has 0 fully saturated rings. The summed E-state index contributed by atoms with van der Waals surface area (Å²) < 4.78 is 43.6. The maximum Gasteiger partial charge on any atom is 0.251 e. The number of carbonyl (C=O) groups is 1. The highest BCUT2D eigenvalue weighted by molar-refractivity contribution is 7.89. The highest BCUT2D eigenvalue weighted by Gasteiger charge is 2.18. The van der Waals surface area contributed by atoms with Gasteiger partial charge < -0.3 is 10.1 Å². The van der Waals surface area contributed by atoms with Crippen LogP contribution < -0.4 is 10.1 Å². The molecule has 0 aromatic heterocycles. The van der Waals surface area contributed by atoms with E-state index in [2.05, 4.69) is 5.32 Å². The van der Waals surface area contributed by atoms with Gasteiger partial charge in [-0.1, -0.05) is 6.07 Å². The third-order valence-electron chi connectivity index (χ3n) is 3.81. The number of benzene rings is 2. The van der Waals surface area contributed by atoms with Crippen LogP contribution in [0.5, 0.6) is 5.75 Å². The summed E-state index contributed by atoms with van der Waals surface area (Å²) >= 11 is 0. The van der Waals surface area contributed by atoms with Crippen molar-refractivity contribution in [2.75, 3.05) is 27.2 Å². The molecular weight excluding hydrogens is 371 g/mol. The Bertz CT molecular complexity index is 868. The summed E-state index contributed by atoms with van der Waals surface area (Å²) in [5.41, 5.74) is 0.292. The molecule has 0 saturated heterocycles. The van der Waals surface area contributed by atoms with Gasteiger partial charge in [0, 0.05) is 26.2 Å². The first-order valence-electron chi connectivity index (χ1n) is 8.50. The molecule has 1 N–H and O–H groups in total. The summed E-state index contributed by atoms with van der Waals surface area (Å²) in [6.07, 6.45) is 1.41. The van der Waals surface area contributed by atoms with Gasteiger partial charge in [-0.3, -0.25) is 4.79 Å². The van der Waals surface area contributed by atoms with Crippen molar-refractivity contribution in [2.45, 2.75) is 17.7 Å². The molecule has 146 valence electrons. The molecule has 0 bridgehead atoms. The van der Waals surface area contributed by atoms with E-state index in [9.17, 15) is 17.6 Å². The van der Waals surface area contributed by atoms with Crippen LogP contribution in [0.2, 0.25) is 0 Å². The Kier molecular flexibility index (Phi) is 7.32. The van der Waals surface area contributed by atoms with Crippen LogP contribution in [0.3, 0.4) is 0 Å². The Morgan fingerprint density at radius 3 is 2.48 bits per heavy atom. The third-order valence-corrected chi connectivity index (χ3v) is 5.62. The van der Waals surface area contributed by atoms with E-state index in [1.54, 1.807) is 24.3 Å². The van der Waals surface area contributed by atoms with Gasteiger partial charge in [-0.15, -0.1) is 0 Å². The lowest BCUT2D eigenvalue weighted by atomic mass is 10.2. The minimum atomic E-state index is -3.58. The van der Waals surface area contributed by atoms with E-state index < -0.39 is 10.0 Å². The van der Waals surface area contributed by atoms with Gasteiger partial charge in [0.2, 0.25) is 10.0 Å². The van der Waals surface area contributed by atoms with Crippen molar-refractivity contribution in [3.8, 4) is 5.75 Å². The van der Waals surface area contributed by atoms with Gasteiger partial charge >= 0.3 is 0 Å². The molecule has 1 amide bonds. The maximum absolute atomic E-state index is 12.8. The molecule has 0 aliphatic carbocycles. The minimum Gasteiger partial charge on any atom is -0.494 e. The first kappa shape index (κ1) is 20.9. The molecule has 2 rings (SSSR count). The van der Waals surface area contributed by atoms with Gasteiger partial charge in [0.15, 0.2) is 0 Å². The second-order valence-corrected chi connectivity index (χ2v) is 8.23. The standard InChI is InChI=1S/C19H23FN2O4S/c1-22(2)27(24,25)18-7-5-6-15(14-18)19(23)21-12-3-4-13-26-17-10-8-16(20)9-11-17/h5-11,14H,3-4,12-13H2,1-2H3,(H,21,23). The Balaban J connectivity index is 1.76. The number of ether oxygens (including phenoxy) is 1. The fourth-order valence-electron chi connectivity index (χ4n) is 2.26. The van der Waals surface area contributed by atoms with Gasteiger partial charge in [0.1, 0.15) is 11.6 Å². The normalized spacial score (nSPS) is 11.4. The fraction of sp³-hybridized carbons (Fsp3) is 0.316. The van der Waals surface area contributed by atoms with Crippen LogP contribution in [0.25, 0.3) is 0 Å². The number of nitrogens with one attached hydrogen (secondary N) is 1. The number of halogens is 1. The van der Waals surface area contributed by atoms with E-state index in [0.717, 1.165) is 4.31 Å². The third kappa shape index (κ3) is 6.04. The average Bonchev–Trinajstić information content (AvgIpc) is 2.65. The highest BCUT2D eigenvalue weighted by atomic mass is 32.2. The number of amides is 1. The summed E-state index contributed by atoms with van der Waals surface area (Å²) in [7, 11) is -0.700. The van der Waals surface area contributed by atoms with Gasteiger partial charge in [0.25, 0.3) is 5.91 Å². The predicted octanol–water partition coefficient (Wildman–Crippen LogP) is 2.67. The van der Waals surface area contributed by atoms with Gasteiger partial charge in [-0.25, -0.2) is 17.1 Å². The van der Waals surface area contributed by atoms with Crippen LogP contribution in [0.1, 0.15) is 23.2 Å². The second-order valence-electron chi connectivity index (χ2n) is 6.08. The van der Waals surface area contributed by atoms with Gasteiger partial charge in [0.05, 0.1) is 11.5 Å². The summed E-state index contributed by atoms with van der Waals surface area (Å²) in [4.78, 5) is 12.3. The Hall–Kier alpha value is -2.45. The van der Waals surface area contributed by atoms with Crippen LogP contribution in [-0.4, -0.2) is 45.9 Å². The maximum atomic E-state index is 12.8. The Labute approximate surface area is 159 Å². The number of sulfonamides is 1. The number of hydrogen-bond donors (Lipinski definition) is 1. The van der Waals surface area contributed by atoms with Crippen molar-refractivity contribution in [3.63, 3.8) is 0 Å². The van der Waals surface area contributed by atoms with E-state index >= 15 is 0 Å². The van der Waals surface area contributed by atoms with Crippen molar-refractivity contribution < 1.29 is 22.3 Å². The lowest BCUT2D eigenvalue weighted by molar-refractivity contribution is 0.0952. The van der Waals surface area contributed by atoms with E-state index in [0.29, 0.717) is 37.3 Å². The predicted molar refractivity (Wildman–Crippen MR) is 101 cm³/mol. The number of hydrogen-bond acceptors (Lipinski definition) is 4. The summed E-state index contributed by atoms with van der Waals surface area (Å²) in [6.45, 7) is 0.897. The monoisotopic (exact) mass is 394 g/mol. The smallest absolute Gasteiger partial charge is 0.251 e. The van der Waals surface area contributed by atoms with Crippen LogP contribution in [0, 0.1) is 5.82 Å². The van der Waals surface area contributed by atoms with Crippen molar-refractivity contribution in [2.24, 2.45) is 0 Å². The highest BCUT2D eigenvalue weighted by Crippen LogP contribution is 2.15. The molecule has 0 unspecified atom stereocenters. The van der Waals surface area contributed by atoms with Crippen LogP contribution in [0.15, 0.2) is 53.4 Å². The summed E-state index contributed by atoms with van der Waals surface area (Å²) in [5.74, 6) is -0.0443. The minimum absolute atomic E-state index is 0.0767. The van der Waals surface area contributed by atoms with Gasteiger partial charge in [-0.05, 0) is 55.3 Å². The number of rotatable bonds is 9. The molecule has 0 atom stereocenters. The summed E-state index contributed by atoms with van der Waals surface area (Å²) in [6, 6.07) is 11.7. The quantitative estimate of drug-likeness (QED) is 0.664. The van der Waals surface area contributed by atoms with Crippen LogP contribution >= 0.6 is 0 Å². The molecule has 0 aliphatic heterocycles. The topological polar surface area (TPSA) is 75.7 Å². The van der Waals surface area contributed by atoms with Crippen molar-refractivity contribution in [1.82, 2.24) is 9.62 Å². The first-order chi connectivity index (χ1) is 12.8. The molecule has 0 saturated carbocycles. The zero-order chi connectivity index (χ0) is 19.9. The largest absolute Gasteiger partial charge is 0.494 e. The Morgan fingerprint density at radius 1 is 1.11 bits per heavy atom. The van der Waals surface area contributed by atoms with Crippen molar-refractivity contribution >= 4 is 15.9 Å². The van der Waals surface area contributed by atoms with E-state index in [1.165, 1.54) is 38.4 Å². The second kappa shape index (κ2) is 9.48. The van der Waals surface area contributed by atoms with Gasteiger partial charge in [-0.2, -0.15) is 0 Å². The van der Waals surface area contributed by atoms with Crippen molar-refractivity contribution in [3.05, 3.63) is 59.9 Å². The molecule has 0 heterocycles. The fourth-order valence-corrected chi connectivity index (χ4v) is 3.21. The summed E-state index contributed by atoms with van der Waals surface area (Å²) in [5, 5.41) is 2.76. The molecular formula is C19H23FN2O4S. The van der Waals surface area contributed by atoms with E-state index in [4.69, 9.17) is 4.74 Å². The lowest BCUT2D eigenvalue weighted by Gasteiger charge is -2.12. The first-order valence-corrected chi connectivity index (χ1v) is 9.94. The molecule has 6 nitrogen and oxygen atoms in total. The SMILES string of the molecule is CN(C)S(=O)(=O)c1cccc(C(=O)NCCCCOc2ccc(F)cc2)c1. The number of nitrogens with zero attached hydrogens (tertiary/aromatic N) is 1. The van der Waals surface area contributed by atoms with Crippen LogP contribution in [0.4, 0.5) is 4.39 Å². The average molecular weight is 394 g/mol. The number of unbranched alkanes of at least 4 members (excludes halogenated alkanes) is 1.